The molecule has 4 heterocycles. The van der Waals surface area contributed by atoms with Gasteiger partial charge in [-0.15, -0.1) is 11.3 Å². The van der Waals surface area contributed by atoms with E-state index in [9.17, 15) is 4.79 Å². The molecular weight excluding hydrogens is 386 g/mol. The fourth-order valence-electron chi connectivity index (χ4n) is 4.01. The van der Waals surface area contributed by atoms with Gasteiger partial charge in [-0.25, -0.2) is 4.98 Å². The monoisotopic (exact) mass is 409 g/mol. The maximum Gasteiger partial charge on any atom is 0.261 e. The molecule has 8 heteroatoms. The Kier molecular flexibility index (Phi) is 4.67. The van der Waals surface area contributed by atoms with Crippen molar-refractivity contribution < 1.29 is 9.53 Å². The molecule has 5 rings (SSSR count). The van der Waals surface area contributed by atoms with Crippen LogP contribution >= 0.6 is 11.3 Å². The van der Waals surface area contributed by atoms with Gasteiger partial charge in [0, 0.05) is 41.7 Å². The fraction of sp³-hybridized carbons (Fsp3) is 0.429. The van der Waals surface area contributed by atoms with E-state index in [1.165, 1.54) is 10.6 Å². The molecule has 150 valence electrons. The molecule has 0 radical (unpaired) electrons. The highest BCUT2D eigenvalue weighted by atomic mass is 32.1. The first-order chi connectivity index (χ1) is 14.1. The molecule has 2 aliphatic rings. The van der Waals surface area contributed by atoms with Gasteiger partial charge in [0.25, 0.3) is 5.91 Å². The van der Waals surface area contributed by atoms with Crippen LogP contribution in [0.15, 0.2) is 24.5 Å². The fourth-order valence-corrected chi connectivity index (χ4v) is 5.10. The van der Waals surface area contributed by atoms with Crippen LogP contribution in [0.5, 0.6) is 0 Å². The van der Waals surface area contributed by atoms with Gasteiger partial charge in [0.1, 0.15) is 0 Å². The number of rotatable bonds is 4. The molecule has 1 saturated heterocycles. The van der Waals surface area contributed by atoms with Crippen LogP contribution in [0.3, 0.4) is 0 Å². The topological polar surface area (TPSA) is 73.1 Å². The minimum atomic E-state index is -0.0782. The van der Waals surface area contributed by atoms with E-state index in [-0.39, 0.29) is 12.0 Å². The highest BCUT2D eigenvalue weighted by molar-refractivity contribution is 7.16. The van der Waals surface area contributed by atoms with Crippen LogP contribution in [0.25, 0.3) is 11.3 Å². The van der Waals surface area contributed by atoms with Crippen molar-refractivity contribution in [2.75, 3.05) is 18.1 Å². The van der Waals surface area contributed by atoms with Crippen molar-refractivity contribution in [3.63, 3.8) is 0 Å². The normalized spacial score (nSPS) is 17.8. The average molecular weight is 410 g/mol. The first-order valence-corrected chi connectivity index (χ1v) is 10.8. The molecule has 0 spiro atoms. The Labute approximate surface area is 173 Å². The molecule has 3 aromatic heterocycles. The molecule has 1 atom stereocenters. The number of ether oxygens (including phenoxy) is 1. The van der Waals surface area contributed by atoms with Gasteiger partial charge < -0.3 is 4.74 Å². The first-order valence-electron chi connectivity index (χ1n) is 9.97. The molecule has 0 unspecified atom stereocenters. The molecule has 1 fully saturated rings. The first kappa shape index (κ1) is 18.4. The Balaban J connectivity index is 1.52. The van der Waals surface area contributed by atoms with Gasteiger partial charge in [-0.05, 0) is 44.7 Å². The number of fused-ring (bicyclic) bond motifs is 3. The lowest BCUT2D eigenvalue weighted by atomic mass is 10.0. The lowest BCUT2D eigenvalue weighted by Gasteiger charge is -2.23. The largest absolute Gasteiger partial charge is 0.376 e. The molecular formula is C21H23N5O2S. The smallest absolute Gasteiger partial charge is 0.261 e. The molecule has 3 aromatic rings. The minimum absolute atomic E-state index is 0.0484. The summed E-state index contributed by atoms with van der Waals surface area (Å²) in [6.45, 7) is 3.18. The lowest BCUT2D eigenvalue weighted by molar-refractivity contribution is 0.0917. The molecule has 1 amide bonds. The van der Waals surface area contributed by atoms with Gasteiger partial charge in [0.2, 0.25) is 0 Å². The van der Waals surface area contributed by atoms with E-state index >= 15 is 0 Å². The van der Waals surface area contributed by atoms with Crippen molar-refractivity contribution in [3.8, 4) is 11.3 Å². The predicted molar refractivity (Wildman–Crippen MR) is 111 cm³/mol. The van der Waals surface area contributed by atoms with Crippen molar-refractivity contribution >= 4 is 22.4 Å². The number of amides is 1. The summed E-state index contributed by atoms with van der Waals surface area (Å²) >= 11 is 1.61. The van der Waals surface area contributed by atoms with Crippen LogP contribution < -0.4 is 4.90 Å². The van der Waals surface area contributed by atoms with Gasteiger partial charge in [0.05, 0.1) is 30.1 Å². The Hall–Kier alpha value is -2.58. The van der Waals surface area contributed by atoms with Crippen LogP contribution in [0.4, 0.5) is 5.13 Å². The number of hydrogen-bond acceptors (Lipinski definition) is 6. The number of pyridine rings is 1. The van der Waals surface area contributed by atoms with Crippen molar-refractivity contribution in [2.45, 2.75) is 38.7 Å². The highest BCUT2D eigenvalue weighted by Crippen LogP contribution is 2.39. The Morgan fingerprint density at radius 1 is 1.34 bits per heavy atom. The summed E-state index contributed by atoms with van der Waals surface area (Å²) < 4.78 is 7.75. The van der Waals surface area contributed by atoms with Gasteiger partial charge in [-0.3, -0.25) is 19.4 Å². The number of hydrogen-bond donors (Lipinski definition) is 0. The molecule has 0 bridgehead atoms. The van der Waals surface area contributed by atoms with Gasteiger partial charge >= 0.3 is 0 Å². The van der Waals surface area contributed by atoms with Gasteiger partial charge in [-0.1, -0.05) is 0 Å². The maximum absolute atomic E-state index is 13.4. The summed E-state index contributed by atoms with van der Waals surface area (Å²) in [7, 11) is 1.97. The number of nitrogens with zero attached hydrogens (tertiary/aromatic N) is 5. The Morgan fingerprint density at radius 3 is 3.00 bits per heavy atom. The molecule has 0 aromatic carbocycles. The zero-order chi connectivity index (χ0) is 20.0. The number of thiazole rings is 1. The molecule has 1 aliphatic heterocycles. The summed E-state index contributed by atoms with van der Waals surface area (Å²) in [5.41, 5.74) is 4.71. The summed E-state index contributed by atoms with van der Waals surface area (Å²) in [4.78, 5) is 25.6. The Bertz CT molecular complexity index is 1050. The predicted octanol–water partition coefficient (Wildman–Crippen LogP) is 3.17. The molecule has 0 saturated carbocycles. The summed E-state index contributed by atoms with van der Waals surface area (Å²) in [6, 6.07) is 3.70. The standard InChI is InChI=1S/C21H23N5O2S/c1-13-5-6-14(10-22-13)20(27)26(12-15-4-3-9-28-15)21-24-19-16-11-23-25(2)17(16)7-8-18(19)29-21/h5-6,10-11,15H,3-4,7-9,12H2,1-2H3/t15-/m1/s1. The number of carbonyl (C=O) groups is 1. The number of aryl methyl sites for hydroxylation is 3. The zero-order valence-corrected chi connectivity index (χ0v) is 17.4. The minimum Gasteiger partial charge on any atom is -0.376 e. The van der Waals surface area contributed by atoms with Crippen LogP contribution in [0.1, 0.15) is 39.5 Å². The molecule has 7 nitrogen and oxygen atoms in total. The summed E-state index contributed by atoms with van der Waals surface area (Å²) in [5, 5.41) is 5.13. The van der Waals surface area contributed by atoms with Crippen LogP contribution in [-0.2, 0) is 24.6 Å². The molecule has 29 heavy (non-hydrogen) atoms. The third-order valence-corrected chi connectivity index (χ3v) is 6.77. The van der Waals surface area contributed by atoms with E-state index in [0.29, 0.717) is 12.1 Å². The van der Waals surface area contributed by atoms with Crippen molar-refractivity contribution in [1.82, 2.24) is 19.7 Å². The van der Waals surface area contributed by atoms with Crippen molar-refractivity contribution in [2.24, 2.45) is 7.05 Å². The maximum atomic E-state index is 13.4. The number of anilines is 1. The third kappa shape index (κ3) is 3.36. The summed E-state index contributed by atoms with van der Waals surface area (Å²) in [6.07, 6.45) is 7.45. The number of aromatic nitrogens is 4. The second-order valence-corrected chi connectivity index (χ2v) is 8.70. The second-order valence-electron chi connectivity index (χ2n) is 7.64. The third-order valence-electron chi connectivity index (χ3n) is 5.64. The van der Waals surface area contributed by atoms with E-state index in [1.807, 2.05) is 37.0 Å². The van der Waals surface area contributed by atoms with E-state index in [1.54, 1.807) is 22.4 Å². The lowest BCUT2D eigenvalue weighted by Crippen LogP contribution is -2.37. The molecule has 1 aliphatic carbocycles. The van der Waals surface area contributed by atoms with E-state index in [2.05, 4.69) is 10.1 Å². The number of carbonyl (C=O) groups excluding carboxylic acids is 1. The van der Waals surface area contributed by atoms with Crippen molar-refractivity contribution in [1.29, 1.82) is 0 Å². The second kappa shape index (κ2) is 7.35. The zero-order valence-electron chi connectivity index (χ0n) is 16.6. The van der Waals surface area contributed by atoms with E-state index in [0.717, 1.165) is 54.4 Å². The highest BCUT2D eigenvalue weighted by Gasteiger charge is 2.30. The molecule has 0 N–H and O–H groups in total. The van der Waals surface area contributed by atoms with Crippen LogP contribution in [0, 0.1) is 6.92 Å². The average Bonchev–Trinajstić information content (AvgIpc) is 3.46. The van der Waals surface area contributed by atoms with Gasteiger partial charge in [0.15, 0.2) is 5.13 Å². The SMILES string of the molecule is Cc1ccc(C(=O)N(C[C@H]2CCCO2)c2nc3c(s2)CCc2c-3cnn2C)cn1. The van der Waals surface area contributed by atoms with Crippen LogP contribution in [0.2, 0.25) is 0 Å². The quantitative estimate of drug-likeness (QED) is 0.662. The van der Waals surface area contributed by atoms with E-state index in [4.69, 9.17) is 9.72 Å². The van der Waals surface area contributed by atoms with E-state index < -0.39 is 0 Å². The van der Waals surface area contributed by atoms with Gasteiger partial charge in [-0.2, -0.15) is 5.10 Å². The van der Waals surface area contributed by atoms with Crippen molar-refractivity contribution in [3.05, 3.63) is 46.4 Å². The Morgan fingerprint density at radius 2 is 2.24 bits per heavy atom. The summed E-state index contributed by atoms with van der Waals surface area (Å²) in [5.74, 6) is -0.0782. The van der Waals surface area contributed by atoms with Crippen LogP contribution in [-0.4, -0.2) is 44.9 Å².